The minimum atomic E-state index is 0.431. The number of benzene rings is 2. The SMILES string of the molecule is COc1cc(C)c(COc2ccccc2N)cc1OC. The highest BCUT2D eigenvalue weighted by Gasteiger charge is 2.09. The Kier molecular flexibility index (Phi) is 4.35. The van der Waals surface area contributed by atoms with E-state index < -0.39 is 0 Å². The molecular formula is C16H19NO3. The molecular weight excluding hydrogens is 254 g/mol. The van der Waals surface area contributed by atoms with Crippen molar-refractivity contribution in [2.75, 3.05) is 20.0 Å². The molecule has 0 spiro atoms. The Morgan fingerprint density at radius 2 is 1.60 bits per heavy atom. The summed E-state index contributed by atoms with van der Waals surface area (Å²) in [6, 6.07) is 11.3. The number of rotatable bonds is 5. The Morgan fingerprint density at radius 3 is 2.25 bits per heavy atom. The van der Waals surface area contributed by atoms with Crippen LogP contribution in [0.2, 0.25) is 0 Å². The van der Waals surface area contributed by atoms with E-state index in [9.17, 15) is 0 Å². The predicted molar refractivity (Wildman–Crippen MR) is 79.5 cm³/mol. The first-order valence-corrected chi connectivity index (χ1v) is 6.34. The van der Waals surface area contributed by atoms with Gasteiger partial charge in [0.05, 0.1) is 19.9 Å². The molecule has 2 N–H and O–H groups in total. The van der Waals surface area contributed by atoms with Gasteiger partial charge in [-0.3, -0.25) is 0 Å². The third kappa shape index (κ3) is 2.96. The van der Waals surface area contributed by atoms with E-state index in [1.165, 1.54) is 0 Å². The fraction of sp³-hybridized carbons (Fsp3) is 0.250. The highest BCUT2D eigenvalue weighted by atomic mass is 16.5. The van der Waals surface area contributed by atoms with E-state index in [0.717, 1.165) is 11.1 Å². The van der Waals surface area contributed by atoms with Gasteiger partial charge in [-0.15, -0.1) is 0 Å². The van der Waals surface area contributed by atoms with Crippen LogP contribution in [0.1, 0.15) is 11.1 Å². The monoisotopic (exact) mass is 273 g/mol. The molecule has 0 saturated carbocycles. The molecule has 2 aromatic rings. The molecule has 0 atom stereocenters. The molecule has 0 aliphatic rings. The molecule has 4 nitrogen and oxygen atoms in total. The van der Waals surface area contributed by atoms with Crippen molar-refractivity contribution in [1.82, 2.24) is 0 Å². The Bertz CT molecular complexity index is 596. The van der Waals surface area contributed by atoms with Gasteiger partial charge < -0.3 is 19.9 Å². The molecule has 0 fully saturated rings. The van der Waals surface area contributed by atoms with E-state index in [0.29, 0.717) is 29.5 Å². The van der Waals surface area contributed by atoms with Crippen LogP contribution >= 0.6 is 0 Å². The lowest BCUT2D eigenvalue weighted by Gasteiger charge is -2.14. The molecule has 106 valence electrons. The summed E-state index contributed by atoms with van der Waals surface area (Å²) in [6.45, 7) is 2.44. The molecule has 20 heavy (non-hydrogen) atoms. The van der Waals surface area contributed by atoms with Gasteiger partial charge in [-0.2, -0.15) is 0 Å². The van der Waals surface area contributed by atoms with Crippen molar-refractivity contribution < 1.29 is 14.2 Å². The highest BCUT2D eigenvalue weighted by Crippen LogP contribution is 2.31. The number of anilines is 1. The van der Waals surface area contributed by atoms with Crippen molar-refractivity contribution >= 4 is 5.69 Å². The molecule has 0 aromatic heterocycles. The van der Waals surface area contributed by atoms with Crippen LogP contribution in [-0.2, 0) is 6.61 Å². The van der Waals surface area contributed by atoms with Crippen molar-refractivity contribution in [1.29, 1.82) is 0 Å². The minimum absolute atomic E-state index is 0.431. The van der Waals surface area contributed by atoms with Gasteiger partial charge in [0.15, 0.2) is 11.5 Å². The van der Waals surface area contributed by atoms with E-state index in [4.69, 9.17) is 19.9 Å². The average Bonchev–Trinajstić information content (AvgIpc) is 2.47. The molecule has 0 aliphatic carbocycles. The lowest BCUT2D eigenvalue weighted by Crippen LogP contribution is -2.02. The second-order valence-corrected chi connectivity index (χ2v) is 4.46. The Morgan fingerprint density at radius 1 is 0.950 bits per heavy atom. The fourth-order valence-corrected chi connectivity index (χ4v) is 1.95. The number of nitrogen functional groups attached to an aromatic ring is 1. The number of hydrogen-bond acceptors (Lipinski definition) is 4. The zero-order valence-electron chi connectivity index (χ0n) is 12.0. The van der Waals surface area contributed by atoms with Crippen LogP contribution in [0.3, 0.4) is 0 Å². The summed E-state index contributed by atoms with van der Waals surface area (Å²) >= 11 is 0. The van der Waals surface area contributed by atoms with Crippen LogP contribution in [0, 0.1) is 6.92 Å². The minimum Gasteiger partial charge on any atom is -0.493 e. The average molecular weight is 273 g/mol. The predicted octanol–water partition coefficient (Wildman–Crippen LogP) is 3.17. The Hall–Kier alpha value is -2.36. The molecule has 0 saturated heterocycles. The third-order valence-corrected chi connectivity index (χ3v) is 3.14. The quantitative estimate of drug-likeness (QED) is 0.850. The van der Waals surface area contributed by atoms with Gasteiger partial charge >= 0.3 is 0 Å². The van der Waals surface area contributed by atoms with E-state index >= 15 is 0 Å². The topological polar surface area (TPSA) is 53.7 Å². The summed E-state index contributed by atoms with van der Waals surface area (Å²) in [7, 11) is 3.24. The highest BCUT2D eigenvalue weighted by molar-refractivity contribution is 5.52. The van der Waals surface area contributed by atoms with Crippen molar-refractivity contribution in [3.63, 3.8) is 0 Å². The molecule has 2 aromatic carbocycles. The van der Waals surface area contributed by atoms with Gasteiger partial charge in [-0.05, 0) is 42.3 Å². The maximum atomic E-state index is 5.85. The van der Waals surface area contributed by atoms with Crippen LogP contribution in [0.5, 0.6) is 17.2 Å². The first-order chi connectivity index (χ1) is 9.65. The van der Waals surface area contributed by atoms with Crippen LogP contribution in [0.15, 0.2) is 36.4 Å². The van der Waals surface area contributed by atoms with E-state index in [-0.39, 0.29) is 0 Å². The number of methoxy groups -OCH3 is 2. The maximum Gasteiger partial charge on any atom is 0.161 e. The summed E-state index contributed by atoms with van der Waals surface area (Å²) < 4.78 is 16.3. The molecule has 0 aliphatic heterocycles. The van der Waals surface area contributed by atoms with E-state index in [1.807, 2.05) is 43.3 Å². The van der Waals surface area contributed by atoms with Gasteiger partial charge in [0.2, 0.25) is 0 Å². The molecule has 0 unspecified atom stereocenters. The van der Waals surface area contributed by atoms with Crippen molar-refractivity contribution in [2.24, 2.45) is 0 Å². The number of nitrogens with two attached hydrogens (primary N) is 1. The number of aryl methyl sites for hydroxylation is 1. The molecule has 4 heteroatoms. The number of hydrogen-bond donors (Lipinski definition) is 1. The van der Waals surface area contributed by atoms with Gasteiger partial charge in [-0.1, -0.05) is 12.1 Å². The molecule has 0 bridgehead atoms. The smallest absolute Gasteiger partial charge is 0.161 e. The second kappa shape index (κ2) is 6.19. The fourth-order valence-electron chi connectivity index (χ4n) is 1.95. The van der Waals surface area contributed by atoms with Crippen LogP contribution in [0.25, 0.3) is 0 Å². The van der Waals surface area contributed by atoms with Crippen molar-refractivity contribution in [2.45, 2.75) is 13.5 Å². The largest absolute Gasteiger partial charge is 0.493 e. The van der Waals surface area contributed by atoms with E-state index in [1.54, 1.807) is 14.2 Å². The van der Waals surface area contributed by atoms with Crippen LogP contribution in [-0.4, -0.2) is 14.2 Å². The van der Waals surface area contributed by atoms with Gasteiger partial charge in [-0.25, -0.2) is 0 Å². The first-order valence-electron chi connectivity index (χ1n) is 6.34. The molecule has 0 heterocycles. The lowest BCUT2D eigenvalue weighted by molar-refractivity contribution is 0.304. The summed E-state index contributed by atoms with van der Waals surface area (Å²) in [5.74, 6) is 2.09. The number of para-hydroxylation sites is 2. The summed E-state index contributed by atoms with van der Waals surface area (Å²) in [5.41, 5.74) is 8.60. The summed E-state index contributed by atoms with van der Waals surface area (Å²) in [5, 5.41) is 0. The zero-order chi connectivity index (χ0) is 14.5. The van der Waals surface area contributed by atoms with Crippen LogP contribution in [0.4, 0.5) is 5.69 Å². The van der Waals surface area contributed by atoms with Crippen molar-refractivity contribution in [3.05, 3.63) is 47.5 Å². The zero-order valence-corrected chi connectivity index (χ0v) is 12.0. The molecule has 2 rings (SSSR count). The standard InChI is InChI=1S/C16H19NO3/c1-11-8-15(18-2)16(19-3)9-12(11)10-20-14-7-5-4-6-13(14)17/h4-9H,10,17H2,1-3H3. The van der Waals surface area contributed by atoms with Gasteiger partial charge in [0.25, 0.3) is 0 Å². The summed E-state index contributed by atoms with van der Waals surface area (Å²) in [6.07, 6.45) is 0. The van der Waals surface area contributed by atoms with Gasteiger partial charge in [0, 0.05) is 0 Å². The van der Waals surface area contributed by atoms with Crippen molar-refractivity contribution in [3.8, 4) is 17.2 Å². The van der Waals surface area contributed by atoms with Gasteiger partial charge in [0.1, 0.15) is 12.4 Å². The van der Waals surface area contributed by atoms with Crippen LogP contribution < -0.4 is 19.9 Å². The van der Waals surface area contributed by atoms with E-state index in [2.05, 4.69) is 0 Å². The second-order valence-electron chi connectivity index (χ2n) is 4.46. The normalized spacial score (nSPS) is 10.2. The third-order valence-electron chi connectivity index (χ3n) is 3.14. The molecule has 0 amide bonds. The number of ether oxygens (including phenoxy) is 3. The Labute approximate surface area is 119 Å². The molecule has 0 radical (unpaired) electrons. The summed E-state index contributed by atoms with van der Waals surface area (Å²) in [4.78, 5) is 0. The lowest BCUT2D eigenvalue weighted by atomic mass is 10.1. The Balaban J connectivity index is 2.19. The maximum absolute atomic E-state index is 5.85. The first kappa shape index (κ1) is 14.1.